The largest absolute Gasteiger partial charge is 0.477 e. The van der Waals surface area contributed by atoms with Crippen LogP contribution in [0.3, 0.4) is 0 Å². The van der Waals surface area contributed by atoms with Crippen LogP contribution >= 0.6 is 35.1 Å². The smallest absolute Gasteiger partial charge is 0.352 e. The first-order valence-electron chi connectivity index (χ1n) is 11.9. The van der Waals surface area contributed by atoms with E-state index in [9.17, 15) is 19.5 Å². The molecule has 2 amide bonds. The number of carbonyl (C=O) groups excluding carboxylic acids is 2. The van der Waals surface area contributed by atoms with Gasteiger partial charge in [-0.1, -0.05) is 10.3 Å². The van der Waals surface area contributed by atoms with Gasteiger partial charge in [-0.05, 0) is 6.07 Å². The second kappa shape index (κ2) is 12.1. The summed E-state index contributed by atoms with van der Waals surface area (Å²) in [5.74, 6) is -1.52. The number of fused-ring (bicyclic) bond motifs is 2. The zero-order valence-corrected chi connectivity index (χ0v) is 23.9. The summed E-state index contributed by atoms with van der Waals surface area (Å²) in [5, 5.41) is 21.2. The molecule has 0 bridgehead atoms. The lowest BCUT2D eigenvalue weighted by Crippen LogP contribution is -2.71. The van der Waals surface area contributed by atoms with E-state index in [-0.39, 0.29) is 28.9 Å². The average molecular weight is 619 g/mol. The van der Waals surface area contributed by atoms with Crippen LogP contribution in [0.2, 0.25) is 0 Å². The number of imidazole rings is 1. The van der Waals surface area contributed by atoms with Gasteiger partial charge in [0.25, 0.3) is 11.8 Å². The molecular formula is C22H24N11O5S3+. The third-order valence-corrected chi connectivity index (χ3v) is 8.81. The number of nitrogens with one attached hydrogen (secondary N) is 1. The molecular weight excluding hydrogens is 595 g/mol. The molecule has 2 aliphatic heterocycles. The van der Waals surface area contributed by atoms with Crippen molar-refractivity contribution in [3.8, 4) is 0 Å². The number of carbonyl (C=O) groups is 3. The van der Waals surface area contributed by atoms with E-state index in [2.05, 4.69) is 29.9 Å². The molecule has 19 heteroatoms. The highest BCUT2D eigenvalue weighted by molar-refractivity contribution is 8.00. The third kappa shape index (κ3) is 5.68. The van der Waals surface area contributed by atoms with Gasteiger partial charge in [0.2, 0.25) is 11.5 Å². The molecule has 0 saturated carbocycles. The SMILES string of the molecule is CO/N=C(\C(=O)N[C@@H]1C(=O)N2C(C(=O)O)=C(C[n+]3ccn4nc(SCCN=CN)ccc43)CS[C@H]12)c1nsc(N)n1. The van der Waals surface area contributed by atoms with Crippen molar-refractivity contribution in [2.75, 3.05) is 30.9 Å². The molecule has 214 valence electrons. The van der Waals surface area contributed by atoms with Gasteiger partial charge in [-0.25, -0.2) is 9.36 Å². The quantitative estimate of drug-likeness (QED) is 0.0384. The maximum atomic E-state index is 13.1. The van der Waals surface area contributed by atoms with E-state index in [1.54, 1.807) is 16.9 Å². The van der Waals surface area contributed by atoms with Gasteiger partial charge >= 0.3 is 11.6 Å². The number of aliphatic carboxylic acids is 1. The number of nitrogens with two attached hydrogens (primary N) is 2. The van der Waals surface area contributed by atoms with Crippen LogP contribution in [0, 0.1) is 0 Å². The summed E-state index contributed by atoms with van der Waals surface area (Å²) < 4.78 is 7.53. The predicted octanol–water partition coefficient (Wildman–Crippen LogP) is -1.08. The number of anilines is 1. The van der Waals surface area contributed by atoms with Crippen molar-refractivity contribution in [3.63, 3.8) is 0 Å². The minimum absolute atomic E-state index is 0.0436. The maximum Gasteiger partial charge on any atom is 0.352 e. The highest BCUT2D eigenvalue weighted by Gasteiger charge is 2.54. The van der Waals surface area contributed by atoms with Gasteiger partial charge in [0.1, 0.15) is 42.0 Å². The topological polar surface area (TPSA) is 220 Å². The number of aliphatic imine (C=N–C) groups is 1. The van der Waals surface area contributed by atoms with Crippen LogP contribution in [0.15, 0.2) is 51.0 Å². The van der Waals surface area contributed by atoms with Crippen LogP contribution in [-0.2, 0) is 25.8 Å². The van der Waals surface area contributed by atoms with Crippen molar-refractivity contribution in [2.45, 2.75) is 23.0 Å². The molecule has 5 rings (SSSR count). The fourth-order valence-corrected chi connectivity index (χ4v) is 6.77. The van der Waals surface area contributed by atoms with Crippen molar-refractivity contribution in [2.24, 2.45) is 15.9 Å². The van der Waals surface area contributed by atoms with Crippen molar-refractivity contribution in [1.29, 1.82) is 0 Å². The highest BCUT2D eigenvalue weighted by Crippen LogP contribution is 2.40. The van der Waals surface area contributed by atoms with Crippen LogP contribution in [-0.4, -0.2) is 95.4 Å². The number of nitrogen functional groups attached to an aromatic ring is 1. The van der Waals surface area contributed by atoms with Crippen LogP contribution < -0.4 is 21.4 Å². The van der Waals surface area contributed by atoms with E-state index in [1.165, 1.54) is 41.9 Å². The van der Waals surface area contributed by atoms with Gasteiger partial charge < -0.3 is 26.7 Å². The Morgan fingerprint density at radius 1 is 1.41 bits per heavy atom. The Bertz CT molecular complexity index is 1600. The normalized spacial score (nSPS) is 19.0. The number of thioether (sulfide) groups is 2. The Labute approximate surface area is 244 Å². The Morgan fingerprint density at radius 2 is 2.24 bits per heavy atom. The van der Waals surface area contributed by atoms with Gasteiger partial charge in [0, 0.05) is 34.7 Å². The summed E-state index contributed by atoms with van der Waals surface area (Å²) in [6, 6.07) is 2.80. The molecule has 1 fully saturated rings. The van der Waals surface area contributed by atoms with Crippen molar-refractivity contribution >= 4 is 75.7 Å². The minimum Gasteiger partial charge on any atom is -0.477 e. The molecule has 16 nitrogen and oxygen atoms in total. The molecule has 41 heavy (non-hydrogen) atoms. The number of oxime groups is 1. The molecule has 0 unspecified atom stereocenters. The highest BCUT2D eigenvalue weighted by atomic mass is 32.2. The molecule has 5 heterocycles. The summed E-state index contributed by atoms with van der Waals surface area (Å²) in [6.07, 6.45) is 4.85. The lowest BCUT2D eigenvalue weighted by atomic mass is 10.0. The lowest BCUT2D eigenvalue weighted by molar-refractivity contribution is -0.662. The van der Waals surface area contributed by atoms with E-state index in [0.29, 0.717) is 17.9 Å². The Kier molecular flexibility index (Phi) is 8.36. The van der Waals surface area contributed by atoms with Gasteiger partial charge in [-0.15, -0.1) is 28.0 Å². The van der Waals surface area contributed by atoms with Crippen molar-refractivity contribution < 1.29 is 28.9 Å². The summed E-state index contributed by atoms with van der Waals surface area (Å²) in [4.78, 5) is 52.3. The first kappa shape index (κ1) is 28.3. The van der Waals surface area contributed by atoms with Crippen molar-refractivity contribution in [1.82, 2.24) is 29.2 Å². The standard InChI is InChI=1S/C22H23N11O5S3/c1-38-29-14(17-27-22(24)41-30-17)18(34)26-15-19(35)33-16(21(36)37)11(9-40-20(15)33)8-31-5-6-32-13(31)3-2-12(28-32)39-7-4-25-10-23/h2-3,5-6,10,15,20H,4,7-9H2,1H3,(H5-,23,24,25,26,27,30,34,36,37)/p+1/b29-14-/t15-,20-/m1/s1. The fourth-order valence-electron chi connectivity index (χ4n) is 4.28. The number of carboxylic acid groups (broad SMARTS) is 1. The molecule has 0 aliphatic carbocycles. The lowest BCUT2D eigenvalue weighted by Gasteiger charge is -2.49. The fraction of sp³-hybridized carbons (Fsp3) is 0.318. The van der Waals surface area contributed by atoms with E-state index < -0.39 is 29.2 Å². The number of rotatable bonds is 11. The maximum absolute atomic E-state index is 13.1. The molecule has 0 spiro atoms. The number of hydrogen-bond acceptors (Lipinski definition) is 13. The van der Waals surface area contributed by atoms with E-state index >= 15 is 0 Å². The second-order valence-electron chi connectivity index (χ2n) is 8.50. The number of hydrogen-bond donors (Lipinski definition) is 4. The van der Waals surface area contributed by atoms with E-state index in [0.717, 1.165) is 28.0 Å². The van der Waals surface area contributed by atoms with Gasteiger partial charge in [0.15, 0.2) is 11.3 Å². The van der Waals surface area contributed by atoms with Gasteiger partial charge in [0.05, 0.1) is 12.9 Å². The number of β-lactam (4-membered cyclic amide) rings is 1. The predicted molar refractivity (Wildman–Crippen MR) is 151 cm³/mol. The van der Waals surface area contributed by atoms with Gasteiger partial charge in [-0.2, -0.15) is 9.36 Å². The number of aromatic nitrogens is 5. The third-order valence-electron chi connectivity index (χ3n) is 6.02. The molecule has 0 aromatic carbocycles. The first-order chi connectivity index (χ1) is 19.8. The molecule has 3 aromatic heterocycles. The number of nitrogens with zero attached hydrogens (tertiary/aromatic N) is 8. The molecule has 6 N–H and O–H groups in total. The first-order valence-corrected chi connectivity index (χ1v) is 14.7. The van der Waals surface area contributed by atoms with E-state index in [4.69, 9.17) is 16.3 Å². The summed E-state index contributed by atoms with van der Waals surface area (Å²) >= 11 is 3.77. The second-order valence-corrected chi connectivity index (χ2v) is 11.5. The zero-order valence-electron chi connectivity index (χ0n) is 21.4. The van der Waals surface area contributed by atoms with Crippen molar-refractivity contribution in [3.05, 3.63) is 41.6 Å². The molecule has 3 aromatic rings. The average Bonchev–Trinajstić information content (AvgIpc) is 3.57. The van der Waals surface area contributed by atoms with Crippen LogP contribution in [0.25, 0.3) is 5.65 Å². The Balaban J connectivity index is 1.32. The van der Waals surface area contributed by atoms with Crippen LogP contribution in [0.4, 0.5) is 5.13 Å². The van der Waals surface area contributed by atoms with Crippen LogP contribution in [0.1, 0.15) is 5.82 Å². The summed E-state index contributed by atoms with van der Waals surface area (Å²) in [7, 11) is 1.25. The molecule has 1 saturated heterocycles. The summed E-state index contributed by atoms with van der Waals surface area (Å²) in [5.41, 5.74) is 11.8. The Hall–Kier alpha value is -4.23. The van der Waals surface area contributed by atoms with Crippen LogP contribution in [0.5, 0.6) is 0 Å². The van der Waals surface area contributed by atoms with E-state index in [1.807, 2.05) is 16.7 Å². The molecule has 2 atom stereocenters. The number of amides is 2. The molecule has 0 radical (unpaired) electrons. The van der Waals surface area contributed by atoms with Gasteiger partial charge in [-0.3, -0.25) is 19.5 Å². The monoisotopic (exact) mass is 618 g/mol. The Morgan fingerprint density at radius 3 is 2.95 bits per heavy atom. The summed E-state index contributed by atoms with van der Waals surface area (Å²) in [6.45, 7) is 0.816. The zero-order chi connectivity index (χ0) is 29.1. The minimum atomic E-state index is -1.23. The number of carboxylic acids is 1. The molecule has 2 aliphatic rings.